The summed E-state index contributed by atoms with van der Waals surface area (Å²) < 4.78 is 19.4. The van der Waals surface area contributed by atoms with Gasteiger partial charge in [-0.1, -0.05) is 46.3 Å². The molecular formula is C10H9BrClFO. The lowest BCUT2D eigenvalue weighted by atomic mass is 10.0. The Balaban J connectivity index is 2.34. The fourth-order valence-corrected chi connectivity index (χ4v) is 2.28. The molecular weight excluding hydrogens is 270 g/mol. The summed E-state index contributed by atoms with van der Waals surface area (Å²) in [6.45, 7) is 0.225. The molecule has 0 radical (unpaired) electrons. The van der Waals surface area contributed by atoms with Crippen LogP contribution in [0.4, 0.5) is 4.39 Å². The zero-order chi connectivity index (χ0) is 10.2. The molecule has 14 heavy (non-hydrogen) atoms. The molecule has 0 spiro atoms. The normalized spacial score (nSPS) is 37.4. The number of ether oxygens (including phenoxy) is 1. The van der Waals surface area contributed by atoms with Gasteiger partial charge in [-0.25, -0.2) is 4.39 Å². The molecule has 1 fully saturated rings. The maximum atomic E-state index is 14.3. The second-order valence-corrected chi connectivity index (χ2v) is 4.79. The SMILES string of the molecule is FC1(c2ccccc2)OCC(Cl)C1Br. The van der Waals surface area contributed by atoms with E-state index in [2.05, 4.69) is 15.9 Å². The molecule has 0 saturated carbocycles. The zero-order valence-corrected chi connectivity index (χ0v) is 9.63. The summed E-state index contributed by atoms with van der Waals surface area (Å²) in [5.74, 6) is -1.80. The fraction of sp³-hybridized carbons (Fsp3) is 0.400. The fourth-order valence-electron chi connectivity index (χ4n) is 1.51. The second kappa shape index (κ2) is 3.80. The van der Waals surface area contributed by atoms with Crippen LogP contribution in [0.15, 0.2) is 30.3 Å². The average molecular weight is 280 g/mol. The van der Waals surface area contributed by atoms with Gasteiger partial charge in [-0.05, 0) is 0 Å². The first-order valence-electron chi connectivity index (χ1n) is 4.31. The molecule has 0 N–H and O–H groups in total. The van der Waals surface area contributed by atoms with Crippen molar-refractivity contribution in [2.24, 2.45) is 0 Å². The summed E-state index contributed by atoms with van der Waals surface area (Å²) in [4.78, 5) is -0.501. The summed E-state index contributed by atoms with van der Waals surface area (Å²) in [6.07, 6.45) is 0. The van der Waals surface area contributed by atoms with Crippen molar-refractivity contribution < 1.29 is 9.13 Å². The van der Waals surface area contributed by atoms with Gasteiger partial charge in [0.1, 0.15) is 0 Å². The van der Waals surface area contributed by atoms with Gasteiger partial charge >= 0.3 is 0 Å². The molecule has 1 aliphatic heterocycles. The van der Waals surface area contributed by atoms with Crippen LogP contribution in [-0.2, 0) is 10.6 Å². The summed E-state index contributed by atoms with van der Waals surface area (Å²) in [7, 11) is 0. The summed E-state index contributed by atoms with van der Waals surface area (Å²) >= 11 is 9.12. The van der Waals surface area contributed by atoms with Crippen molar-refractivity contribution in [3.8, 4) is 0 Å². The monoisotopic (exact) mass is 278 g/mol. The Bertz CT molecular complexity index is 321. The molecule has 2 rings (SSSR count). The van der Waals surface area contributed by atoms with Gasteiger partial charge in [0.2, 0.25) is 5.85 Å². The molecule has 1 aliphatic rings. The highest BCUT2D eigenvalue weighted by Gasteiger charge is 2.50. The molecule has 0 aromatic heterocycles. The van der Waals surface area contributed by atoms with E-state index < -0.39 is 10.7 Å². The van der Waals surface area contributed by atoms with Crippen LogP contribution >= 0.6 is 27.5 Å². The van der Waals surface area contributed by atoms with Crippen LogP contribution in [0.3, 0.4) is 0 Å². The molecule has 3 atom stereocenters. The first-order valence-corrected chi connectivity index (χ1v) is 5.66. The maximum absolute atomic E-state index is 14.3. The third kappa shape index (κ3) is 1.58. The van der Waals surface area contributed by atoms with Crippen molar-refractivity contribution in [2.75, 3.05) is 6.61 Å². The summed E-state index contributed by atoms with van der Waals surface area (Å²) in [5.41, 5.74) is 0.505. The number of benzene rings is 1. The van der Waals surface area contributed by atoms with E-state index in [1.165, 1.54) is 0 Å². The lowest BCUT2D eigenvalue weighted by Crippen LogP contribution is -2.30. The highest BCUT2D eigenvalue weighted by atomic mass is 79.9. The van der Waals surface area contributed by atoms with Crippen LogP contribution in [0.25, 0.3) is 0 Å². The van der Waals surface area contributed by atoms with Gasteiger partial charge in [-0.2, -0.15) is 0 Å². The average Bonchev–Trinajstić information content (AvgIpc) is 2.49. The van der Waals surface area contributed by atoms with Crippen molar-refractivity contribution in [1.29, 1.82) is 0 Å². The Morgan fingerprint density at radius 3 is 2.57 bits per heavy atom. The molecule has 76 valence electrons. The van der Waals surface area contributed by atoms with Crippen molar-refractivity contribution in [1.82, 2.24) is 0 Å². The standard InChI is InChI=1S/C10H9BrClFO/c11-9-8(12)6-14-10(9,13)7-4-2-1-3-5-7/h1-5,8-9H,6H2. The van der Waals surface area contributed by atoms with Gasteiger partial charge < -0.3 is 4.74 Å². The lowest BCUT2D eigenvalue weighted by molar-refractivity contribution is -0.108. The lowest BCUT2D eigenvalue weighted by Gasteiger charge is -2.23. The topological polar surface area (TPSA) is 9.23 Å². The number of hydrogen-bond acceptors (Lipinski definition) is 1. The first-order chi connectivity index (χ1) is 6.64. The summed E-state index contributed by atoms with van der Waals surface area (Å²) in [5, 5.41) is -0.333. The van der Waals surface area contributed by atoms with Gasteiger partial charge in [0.25, 0.3) is 0 Å². The summed E-state index contributed by atoms with van der Waals surface area (Å²) in [6, 6.07) is 8.79. The van der Waals surface area contributed by atoms with E-state index in [-0.39, 0.29) is 12.0 Å². The predicted octanol–water partition coefficient (Wildman–Crippen LogP) is 3.21. The zero-order valence-electron chi connectivity index (χ0n) is 7.29. The Morgan fingerprint density at radius 1 is 1.43 bits per heavy atom. The molecule has 3 unspecified atom stereocenters. The van der Waals surface area contributed by atoms with Gasteiger partial charge in [-0.15, -0.1) is 11.6 Å². The first kappa shape index (κ1) is 10.4. The van der Waals surface area contributed by atoms with Crippen LogP contribution in [-0.4, -0.2) is 16.8 Å². The van der Waals surface area contributed by atoms with Crippen LogP contribution in [0.5, 0.6) is 0 Å². The highest BCUT2D eigenvalue weighted by molar-refractivity contribution is 9.09. The highest BCUT2D eigenvalue weighted by Crippen LogP contribution is 2.43. The minimum absolute atomic E-state index is 0.225. The molecule has 0 aliphatic carbocycles. The quantitative estimate of drug-likeness (QED) is 0.717. The van der Waals surface area contributed by atoms with E-state index in [1.54, 1.807) is 24.3 Å². The van der Waals surface area contributed by atoms with Crippen LogP contribution in [0.1, 0.15) is 5.56 Å². The van der Waals surface area contributed by atoms with E-state index in [9.17, 15) is 4.39 Å². The van der Waals surface area contributed by atoms with Crippen molar-refractivity contribution in [2.45, 2.75) is 16.1 Å². The minimum Gasteiger partial charge on any atom is -0.340 e. The maximum Gasteiger partial charge on any atom is 0.249 e. The predicted molar refractivity (Wildman–Crippen MR) is 57.5 cm³/mol. The number of halogens is 3. The van der Waals surface area contributed by atoms with E-state index >= 15 is 0 Å². The van der Waals surface area contributed by atoms with Gasteiger partial charge in [0.15, 0.2) is 0 Å². The van der Waals surface area contributed by atoms with Gasteiger partial charge in [-0.3, -0.25) is 0 Å². The van der Waals surface area contributed by atoms with E-state index in [1.807, 2.05) is 6.07 Å². The number of alkyl halides is 3. The minimum atomic E-state index is -1.80. The van der Waals surface area contributed by atoms with Gasteiger partial charge in [0, 0.05) is 5.56 Å². The Kier molecular flexibility index (Phi) is 2.82. The second-order valence-electron chi connectivity index (χ2n) is 3.24. The van der Waals surface area contributed by atoms with Crippen molar-refractivity contribution in [3.05, 3.63) is 35.9 Å². The van der Waals surface area contributed by atoms with Crippen LogP contribution in [0.2, 0.25) is 0 Å². The molecule has 1 aromatic rings. The van der Waals surface area contributed by atoms with Crippen molar-refractivity contribution >= 4 is 27.5 Å². The smallest absolute Gasteiger partial charge is 0.249 e. The van der Waals surface area contributed by atoms with E-state index in [4.69, 9.17) is 16.3 Å². The van der Waals surface area contributed by atoms with E-state index in [0.29, 0.717) is 5.56 Å². The number of rotatable bonds is 1. The van der Waals surface area contributed by atoms with Gasteiger partial charge in [0.05, 0.1) is 16.8 Å². The Hall–Kier alpha value is -0.120. The molecule has 1 aromatic carbocycles. The van der Waals surface area contributed by atoms with Crippen molar-refractivity contribution in [3.63, 3.8) is 0 Å². The molecule has 1 nitrogen and oxygen atoms in total. The third-order valence-electron chi connectivity index (χ3n) is 2.29. The Morgan fingerprint density at radius 2 is 2.07 bits per heavy atom. The molecule has 0 bridgehead atoms. The molecule has 1 heterocycles. The van der Waals surface area contributed by atoms with Crippen LogP contribution < -0.4 is 0 Å². The molecule has 0 amide bonds. The largest absolute Gasteiger partial charge is 0.340 e. The number of hydrogen-bond donors (Lipinski definition) is 0. The van der Waals surface area contributed by atoms with E-state index in [0.717, 1.165) is 0 Å². The molecule has 1 saturated heterocycles. The third-order valence-corrected chi connectivity index (χ3v) is 4.20. The van der Waals surface area contributed by atoms with Crippen LogP contribution in [0, 0.1) is 0 Å². The molecule has 4 heteroatoms. The Labute approximate surface area is 95.3 Å².